The monoisotopic (exact) mass is 409 g/mol. The minimum absolute atomic E-state index is 0.197. The molecule has 148 valence electrons. The van der Waals surface area contributed by atoms with Gasteiger partial charge < -0.3 is 10.1 Å². The van der Waals surface area contributed by atoms with Crippen LogP contribution < -0.4 is 5.32 Å². The number of aromatic nitrogens is 2. The zero-order valence-electron chi connectivity index (χ0n) is 15.9. The number of hydrogen-bond acceptors (Lipinski definition) is 6. The average Bonchev–Trinajstić information content (AvgIpc) is 3.17. The fraction of sp³-hybridized carbons (Fsp3) is 0.143. The van der Waals surface area contributed by atoms with Crippen molar-refractivity contribution in [3.8, 4) is 5.69 Å². The number of para-hydroxylation sites is 1. The normalized spacial score (nSPS) is 10.4. The van der Waals surface area contributed by atoms with E-state index in [1.54, 1.807) is 28.8 Å². The third kappa shape index (κ3) is 4.91. The number of rotatable bonds is 7. The van der Waals surface area contributed by atoms with Crippen LogP contribution in [0.4, 0.5) is 5.69 Å². The first-order chi connectivity index (χ1) is 14.0. The maximum atomic E-state index is 12.6. The molecule has 0 atom stereocenters. The predicted molar refractivity (Wildman–Crippen MR) is 111 cm³/mol. The molecule has 0 aliphatic carbocycles. The van der Waals surface area contributed by atoms with Gasteiger partial charge in [-0.05, 0) is 42.7 Å². The molecule has 0 saturated carbocycles. The Hall–Kier alpha value is -3.39. The van der Waals surface area contributed by atoms with Crippen molar-refractivity contribution in [1.82, 2.24) is 9.55 Å². The molecule has 0 bridgehead atoms. The number of carbonyl (C=O) groups excluding carboxylic acids is 3. The largest absolute Gasteiger partial charge is 0.453 e. The van der Waals surface area contributed by atoms with Gasteiger partial charge in [0.2, 0.25) is 5.91 Å². The summed E-state index contributed by atoms with van der Waals surface area (Å²) in [5, 5.41) is 3.27. The molecule has 7 nitrogen and oxygen atoms in total. The summed E-state index contributed by atoms with van der Waals surface area (Å²) in [6.07, 6.45) is 3.30. The highest BCUT2D eigenvalue weighted by Crippen LogP contribution is 2.22. The zero-order chi connectivity index (χ0) is 20.8. The second kappa shape index (κ2) is 9.20. The summed E-state index contributed by atoms with van der Waals surface area (Å²) in [6, 6.07) is 15.7. The van der Waals surface area contributed by atoms with Crippen LogP contribution in [0.1, 0.15) is 27.8 Å². The lowest BCUT2D eigenvalue weighted by Crippen LogP contribution is -2.17. The highest BCUT2D eigenvalue weighted by molar-refractivity contribution is 7.98. The van der Waals surface area contributed by atoms with Gasteiger partial charge in [0.1, 0.15) is 0 Å². The Labute approximate surface area is 172 Å². The SMILES string of the molecule is CSc1ncc(C(=O)OCC(=O)c2ccc(NC(C)=O)cc2)n1-c1ccccc1. The molecule has 0 fully saturated rings. The molecule has 8 heteroatoms. The molecule has 1 heterocycles. The van der Waals surface area contributed by atoms with Crippen LogP contribution in [0.3, 0.4) is 0 Å². The summed E-state index contributed by atoms with van der Waals surface area (Å²) in [5.41, 5.74) is 1.99. The van der Waals surface area contributed by atoms with Gasteiger partial charge in [-0.15, -0.1) is 0 Å². The number of esters is 1. The lowest BCUT2D eigenvalue weighted by atomic mass is 10.1. The van der Waals surface area contributed by atoms with Crippen molar-refractivity contribution < 1.29 is 19.1 Å². The molecule has 0 radical (unpaired) electrons. The van der Waals surface area contributed by atoms with E-state index in [1.807, 2.05) is 36.6 Å². The van der Waals surface area contributed by atoms with Crippen LogP contribution in [-0.4, -0.2) is 40.1 Å². The van der Waals surface area contributed by atoms with Crippen molar-refractivity contribution in [3.05, 3.63) is 72.1 Å². The number of nitrogens with one attached hydrogen (secondary N) is 1. The van der Waals surface area contributed by atoms with Crippen LogP contribution in [0, 0.1) is 0 Å². The predicted octanol–water partition coefficient (Wildman–Crippen LogP) is 3.59. The standard InChI is InChI=1S/C21H19N3O4S/c1-14(25)23-16-10-8-15(9-11-16)19(26)13-28-20(27)18-12-22-21(29-2)24(18)17-6-4-3-5-7-17/h3-12H,13H2,1-2H3,(H,23,25). The van der Waals surface area contributed by atoms with Crippen LogP contribution >= 0.6 is 11.8 Å². The maximum Gasteiger partial charge on any atom is 0.357 e. The number of amides is 1. The van der Waals surface area contributed by atoms with Gasteiger partial charge in [-0.3, -0.25) is 14.2 Å². The van der Waals surface area contributed by atoms with Crippen LogP contribution in [0.15, 0.2) is 66.0 Å². The molecule has 3 aromatic rings. The number of ketones is 1. The van der Waals surface area contributed by atoms with E-state index < -0.39 is 12.6 Å². The van der Waals surface area contributed by atoms with E-state index in [9.17, 15) is 14.4 Å². The van der Waals surface area contributed by atoms with Gasteiger partial charge in [0.25, 0.3) is 0 Å². The number of Topliss-reactive ketones (excluding diaryl/α,β-unsaturated/α-hetero) is 1. The van der Waals surface area contributed by atoms with Crippen molar-refractivity contribution in [1.29, 1.82) is 0 Å². The minimum atomic E-state index is -0.634. The number of nitrogens with zero attached hydrogens (tertiary/aromatic N) is 2. The molecule has 0 saturated heterocycles. The lowest BCUT2D eigenvalue weighted by molar-refractivity contribution is -0.114. The number of benzene rings is 2. The smallest absolute Gasteiger partial charge is 0.357 e. The Morgan fingerprint density at radius 2 is 1.76 bits per heavy atom. The molecule has 1 N–H and O–H groups in total. The van der Waals surface area contributed by atoms with Crippen molar-refractivity contribution >= 4 is 35.1 Å². The molecule has 0 aliphatic heterocycles. The summed E-state index contributed by atoms with van der Waals surface area (Å²) >= 11 is 1.40. The van der Waals surface area contributed by atoms with E-state index in [4.69, 9.17) is 4.74 Å². The van der Waals surface area contributed by atoms with E-state index in [0.29, 0.717) is 16.4 Å². The minimum Gasteiger partial charge on any atom is -0.453 e. The molecule has 3 rings (SSSR count). The number of ether oxygens (including phenoxy) is 1. The topological polar surface area (TPSA) is 90.3 Å². The second-order valence-electron chi connectivity index (χ2n) is 6.06. The van der Waals surface area contributed by atoms with Gasteiger partial charge in [0, 0.05) is 23.9 Å². The highest BCUT2D eigenvalue weighted by Gasteiger charge is 2.20. The third-order valence-electron chi connectivity index (χ3n) is 4.00. The van der Waals surface area contributed by atoms with Crippen LogP contribution in [0.5, 0.6) is 0 Å². The molecule has 0 unspecified atom stereocenters. The Kier molecular flexibility index (Phi) is 6.46. The van der Waals surface area contributed by atoms with E-state index in [2.05, 4.69) is 10.3 Å². The quantitative estimate of drug-likeness (QED) is 0.364. The van der Waals surface area contributed by atoms with E-state index in [1.165, 1.54) is 24.9 Å². The average molecular weight is 409 g/mol. The molecule has 29 heavy (non-hydrogen) atoms. The fourth-order valence-electron chi connectivity index (χ4n) is 2.68. The van der Waals surface area contributed by atoms with Crippen molar-refractivity contribution in [2.75, 3.05) is 18.2 Å². The summed E-state index contributed by atoms with van der Waals surface area (Å²) in [4.78, 5) is 40.2. The summed E-state index contributed by atoms with van der Waals surface area (Å²) in [5.74, 6) is -1.17. The van der Waals surface area contributed by atoms with Crippen molar-refractivity contribution in [2.45, 2.75) is 12.1 Å². The molecule has 2 aromatic carbocycles. The summed E-state index contributed by atoms with van der Waals surface area (Å²) < 4.78 is 6.92. The Bertz CT molecular complexity index is 1030. The second-order valence-corrected chi connectivity index (χ2v) is 6.83. The van der Waals surface area contributed by atoms with Gasteiger partial charge in [-0.2, -0.15) is 0 Å². The molecule has 1 aromatic heterocycles. The van der Waals surface area contributed by atoms with Gasteiger partial charge in [0.15, 0.2) is 23.2 Å². The highest BCUT2D eigenvalue weighted by atomic mass is 32.2. The third-order valence-corrected chi connectivity index (χ3v) is 4.65. The molecule has 1 amide bonds. The molecule has 0 spiro atoms. The lowest BCUT2D eigenvalue weighted by Gasteiger charge is -2.10. The Morgan fingerprint density at radius 3 is 2.38 bits per heavy atom. The van der Waals surface area contributed by atoms with Crippen LogP contribution in [0.2, 0.25) is 0 Å². The number of imidazole rings is 1. The van der Waals surface area contributed by atoms with Gasteiger partial charge in [0.05, 0.1) is 6.20 Å². The van der Waals surface area contributed by atoms with Gasteiger partial charge in [-0.1, -0.05) is 30.0 Å². The number of hydrogen-bond donors (Lipinski definition) is 1. The number of carbonyl (C=O) groups is 3. The number of anilines is 1. The van der Waals surface area contributed by atoms with E-state index in [-0.39, 0.29) is 17.4 Å². The summed E-state index contributed by atoms with van der Waals surface area (Å²) in [6.45, 7) is 1.01. The first kappa shape index (κ1) is 20.3. The van der Waals surface area contributed by atoms with E-state index >= 15 is 0 Å². The first-order valence-electron chi connectivity index (χ1n) is 8.74. The molecule has 0 aliphatic rings. The summed E-state index contributed by atoms with van der Waals surface area (Å²) in [7, 11) is 0. The maximum absolute atomic E-state index is 12.6. The zero-order valence-corrected chi connectivity index (χ0v) is 16.7. The fourth-order valence-corrected chi connectivity index (χ4v) is 3.22. The Morgan fingerprint density at radius 1 is 1.07 bits per heavy atom. The van der Waals surface area contributed by atoms with Crippen molar-refractivity contribution in [3.63, 3.8) is 0 Å². The molecular formula is C21H19N3O4S. The van der Waals surface area contributed by atoms with Gasteiger partial charge >= 0.3 is 5.97 Å². The van der Waals surface area contributed by atoms with Crippen LogP contribution in [0.25, 0.3) is 5.69 Å². The van der Waals surface area contributed by atoms with Gasteiger partial charge in [-0.25, -0.2) is 9.78 Å². The molecular weight excluding hydrogens is 390 g/mol. The van der Waals surface area contributed by atoms with E-state index in [0.717, 1.165) is 5.69 Å². The first-order valence-corrected chi connectivity index (χ1v) is 9.97. The van der Waals surface area contributed by atoms with Crippen LogP contribution in [-0.2, 0) is 9.53 Å². The van der Waals surface area contributed by atoms with Crippen molar-refractivity contribution in [2.24, 2.45) is 0 Å². The Balaban J connectivity index is 1.70. The number of thioether (sulfide) groups is 1.